The molecule has 0 amide bonds. The van der Waals surface area contributed by atoms with Crippen LogP contribution in [0.25, 0.3) is 0 Å². The van der Waals surface area contributed by atoms with Crippen LogP contribution < -0.4 is 11.1 Å². The number of anilines is 1. The van der Waals surface area contributed by atoms with E-state index in [4.69, 9.17) is 17.3 Å². The molecule has 0 bridgehead atoms. The first-order valence-electron chi connectivity index (χ1n) is 7.63. The highest BCUT2D eigenvalue weighted by Gasteiger charge is 2.08. The summed E-state index contributed by atoms with van der Waals surface area (Å²) in [6.45, 7) is 4.20. The van der Waals surface area contributed by atoms with Crippen LogP contribution in [0.1, 0.15) is 25.0 Å². The number of halogens is 2. The number of guanidine groups is 1. The average molecular weight is 384 g/mol. The van der Waals surface area contributed by atoms with Crippen molar-refractivity contribution in [1.82, 2.24) is 0 Å². The highest BCUT2D eigenvalue weighted by atomic mass is 35.5. The average Bonchev–Trinajstić information content (AvgIpc) is 2.56. The van der Waals surface area contributed by atoms with Gasteiger partial charge >= 0.3 is 0 Å². The van der Waals surface area contributed by atoms with Gasteiger partial charge in [0.05, 0.1) is 10.7 Å². The maximum absolute atomic E-state index is 6.43. The Morgan fingerprint density at radius 3 is 2.58 bits per heavy atom. The summed E-state index contributed by atoms with van der Waals surface area (Å²) in [4.78, 5) is 5.59. The zero-order valence-corrected chi connectivity index (χ0v) is 16.5. The number of rotatable bonds is 5. The maximum atomic E-state index is 6.43. The normalized spacial score (nSPS) is 11.1. The summed E-state index contributed by atoms with van der Waals surface area (Å²) in [5.74, 6) is 0.334. The zero-order chi connectivity index (χ0) is 16.8. The van der Waals surface area contributed by atoms with Crippen LogP contribution >= 0.6 is 35.8 Å². The van der Waals surface area contributed by atoms with Crippen LogP contribution in [0.4, 0.5) is 11.4 Å². The van der Waals surface area contributed by atoms with Crippen LogP contribution in [0, 0.1) is 0 Å². The first kappa shape index (κ1) is 20.7. The van der Waals surface area contributed by atoms with Crippen LogP contribution in [-0.2, 0) is 12.8 Å². The monoisotopic (exact) mass is 383 g/mol. The van der Waals surface area contributed by atoms with Crippen molar-refractivity contribution in [3.05, 3.63) is 52.5 Å². The number of hydrogen-bond acceptors (Lipinski definition) is 2. The summed E-state index contributed by atoms with van der Waals surface area (Å²) in [6, 6.07) is 12.2. The first-order valence-corrected chi connectivity index (χ1v) is 9.24. The van der Waals surface area contributed by atoms with Crippen molar-refractivity contribution in [3.63, 3.8) is 0 Å². The van der Waals surface area contributed by atoms with E-state index >= 15 is 0 Å². The minimum atomic E-state index is 0. The maximum Gasteiger partial charge on any atom is 0.198 e. The van der Waals surface area contributed by atoms with Crippen LogP contribution in [0.5, 0.6) is 0 Å². The molecule has 0 heterocycles. The minimum absolute atomic E-state index is 0. The lowest BCUT2D eigenvalue weighted by Crippen LogP contribution is -2.22. The Balaban J connectivity index is 0.00000288. The predicted molar refractivity (Wildman–Crippen MR) is 111 cm³/mol. The van der Waals surface area contributed by atoms with Crippen molar-refractivity contribution in [3.8, 4) is 0 Å². The SMILES string of the molecule is CCc1cccc(NC(N)=Nc2cc(SC)cc(CC)c2Cl)c1.Cl. The standard InChI is InChI=1S/C18H22ClN3S.ClH/c1-4-12-7-6-8-14(9-12)21-18(20)22-16-11-15(23-3)10-13(5-2)17(16)19;/h6-11H,4-5H2,1-3H3,(H3,20,21,22);1H. The smallest absolute Gasteiger partial charge is 0.198 e. The van der Waals surface area contributed by atoms with E-state index in [0.29, 0.717) is 16.7 Å². The van der Waals surface area contributed by atoms with Gasteiger partial charge in [0, 0.05) is 10.6 Å². The molecular formula is C18H23Cl2N3S. The van der Waals surface area contributed by atoms with Gasteiger partial charge in [-0.25, -0.2) is 4.99 Å². The second-order valence-corrected chi connectivity index (χ2v) is 6.41. The Kier molecular flexibility index (Phi) is 8.46. The van der Waals surface area contributed by atoms with Gasteiger partial charge in [-0.05, 0) is 54.5 Å². The lowest BCUT2D eigenvalue weighted by atomic mass is 10.1. The number of aliphatic imine (C=N–C) groups is 1. The number of aryl methyl sites for hydroxylation is 2. The third-order valence-electron chi connectivity index (χ3n) is 3.57. The quantitative estimate of drug-likeness (QED) is 0.397. The molecule has 2 aromatic carbocycles. The molecule has 0 spiro atoms. The molecule has 3 N–H and O–H groups in total. The number of nitrogens with one attached hydrogen (secondary N) is 1. The summed E-state index contributed by atoms with van der Waals surface area (Å²) in [6.07, 6.45) is 3.88. The van der Waals surface area contributed by atoms with Crippen LogP contribution in [-0.4, -0.2) is 12.2 Å². The highest BCUT2D eigenvalue weighted by molar-refractivity contribution is 7.98. The molecule has 0 atom stereocenters. The highest BCUT2D eigenvalue weighted by Crippen LogP contribution is 2.33. The van der Waals surface area contributed by atoms with Crippen LogP contribution in [0.15, 0.2) is 46.3 Å². The minimum Gasteiger partial charge on any atom is -0.369 e. The van der Waals surface area contributed by atoms with Gasteiger partial charge in [-0.3, -0.25) is 0 Å². The number of nitrogens with zero attached hydrogens (tertiary/aromatic N) is 1. The van der Waals surface area contributed by atoms with Crippen LogP contribution in [0.3, 0.4) is 0 Å². The van der Waals surface area contributed by atoms with Crippen molar-refractivity contribution in [2.45, 2.75) is 31.6 Å². The molecule has 0 aliphatic rings. The van der Waals surface area contributed by atoms with E-state index < -0.39 is 0 Å². The van der Waals surface area contributed by atoms with Crippen molar-refractivity contribution in [2.75, 3.05) is 11.6 Å². The van der Waals surface area contributed by atoms with Crippen LogP contribution in [0.2, 0.25) is 5.02 Å². The summed E-state index contributed by atoms with van der Waals surface area (Å²) in [5, 5.41) is 3.79. The second kappa shape index (κ2) is 9.82. The Hall–Kier alpha value is -1.36. The number of benzene rings is 2. The van der Waals surface area contributed by atoms with Gasteiger partial charge in [0.1, 0.15) is 0 Å². The van der Waals surface area contributed by atoms with Crippen molar-refractivity contribution in [2.24, 2.45) is 10.7 Å². The fraction of sp³-hybridized carbons (Fsp3) is 0.278. The molecule has 0 unspecified atom stereocenters. The summed E-state index contributed by atoms with van der Waals surface area (Å²) in [7, 11) is 0. The molecule has 24 heavy (non-hydrogen) atoms. The molecule has 6 heteroatoms. The summed E-state index contributed by atoms with van der Waals surface area (Å²) < 4.78 is 0. The molecule has 3 nitrogen and oxygen atoms in total. The van der Waals surface area contributed by atoms with Crippen molar-refractivity contribution < 1.29 is 0 Å². The number of thioether (sulfide) groups is 1. The van der Waals surface area contributed by atoms with E-state index in [1.54, 1.807) is 11.8 Å². The third kappa shape index (κ3) is 5.33. The Morgan fingerprint density at radius 2 is 1.96 bits per heavy atom. The van der Waals surface area contributed by atoms with E-state index in [9.17, 15) is 0 Å². The van der Waals surface area contributed by atoms with Gasteiger partial charge in [0.15, 0.2) is 5.96 Å². The number of nitrogens with two attached hydrogens (primary N) is 1. The van der Waals surface area contributed by atoms with E-state index in [1.165, 1.54) is 5.56 Å². The molecule has 2 aromatic rings. The van der Waals surface area contributed by atoms with E-state index in [-0.39, 0.29) is 12.4 Å². The second-order valence-electron chi connectivity index (χ2n) is 5.15. The van der Waals surface area contributed by atoms with E-state index in [1.807, 2.05) is 24.5 Å². The Morgan fingerprint density at radius 1 is 1.21 bits per heavy atom. The van der Waals surface area contributed by atoms with Gasteiger partial charge < -0.3 is 11.1 Å². The largest absolute Gasteiger partial charge is 0.369 e. The van der Waals surface area contributed by atoms with E-state index in [0.717, 1.165) is 29.0 Å². The van der Waals surface area contributed by atoms with E-state index in [2.05, 4.69) is 42.4 Å². The van der Waals surface area contributed by atoms with Crippen molar-refractivity contribution in [1.29, 1.82) is 0 Å². The third-order valence-corrected chi connectivity index (χ3v) is 4.71. The van der Waals surface area contributed by atoms with Gasteiger partial charge in [-0.2, -0.15) is 0 Å². The molecule has 130 valence electrons. The molecule has 2 rings (SSSR count). The zero-order valence-electron chi connectivity index (χ0n) is 14.1. The van der Waals surface area contributed by atoms with Gasteiger partial charge in [-0.15, -0.1) is 24.2 Å². The fourth-order valence-corrected chi connectivity index (χ4v) is 3.05. The van der Waals surface area contributed by atoms with Gasteiger partial charge in [-0.1, -0.05) is 37.6 Å². The van der Waals surface area contributed by atoms with Gasteiger partial charge in [0.25, 0.3) is 0 Å². The molecular weight excluding hydrogens is 361 g/mol. The fourth-order valence-electron chi connectivity index (χ4n) is 2.27. The molecule has 0 aromatic heterocycles. The lowest BCUT2D eigenvalue weighted by molar-refractivity contribution is 1.12. The summed E-state index contributed by atoms with van der Waals surface area (Å²) >= 11 is 8.10. The molecule has 0 saturated carbocycles. The number of hydrogen-bond donors (Lipinski definition) is 2. The molecule has 0 aliphatic heterocycles. The Labute approximate surface area is 159 Å². The summed E-state index contributed by atoms with van der Waals surface area (Å²) in [5.41, 5.74) is 10.0. The molecule has 0 radical (unpaired) electrons. The topological polar surface area (TPSA) is 50.4 Å². The molecule has 0 saturated heterocycles. The first-order chi connectivity index (χ1) is 11.1. The molecule has 0 fully saturated rings. The Bertz CT molecular complexity index is 717. The van der Waals surface area contributed by atoms with Crippen molar-refractivity contribution >= 4 is 53.1 Å². The lowest BCUT2D eigenvalue weighted by Gasteiger charge is -2.10. The van der Waals surface area contributed by atoms with Gasteiger partial charge in [0.2, 0.25) is 0 Å². The molecule has 0 aliphatic carbocycles. The predicted octanol–water partition coefficient (Wildman–Crippen LogP) is 5.67.